The van der Waals surface area contributed by atoms with E-state index >= 15 is 0 Å². The Morgan fingerprint density at radius 3 is 1.73 bits per heavy atom. The first-order valence-corrected chi connectivity index (χ1v) is 22.8. The summed E-state index contributed by atoms with van der Waals surface area (Å²) in [7, 11) is 0. The molecule has 22 nitrogen and oxygen atoms in total. The molecule has 0 bridgehead atoms. The number of nitrogens with one attached hydrogen (secondary N) is 5. The van der Waals surface area contributed by atoms with Crippen LogP contribution in [0, 0.1) is 11.3 Å². The van der Waals surface area contributed by atoms with Crippen LogP contribution in [-0.4, -0.2) is 70.8 Å². The van der Waals surface area contributed by atoms with Crippen LogP contribution >= 0.6 is 0 Å². The number of aromatic nitrogens is 4. The lowest BCUT2D eigenvalue weighted by Crippen LogP contribution is -2.35. The van der Waals surface area contributed by atoms with Crippen molar-refractivity contribution in [3.05, 3.63) is 140 Å². The Morgan fingerprint density at radius 2 is 1.27 bits per heavy atom. The molecule has 3 amide bonds. The molecule has 382 valence electrons. The van der Waals surface area contributed by atoms with Gasteiger partial charge >= 0.3 is 6.09 Å². The molecule has 0 atom stereocenters. The van der Waals surface area contributed by atoms with E-state index in [2.05, 4.69) is 41.7 Å². The fraction of sp³-hybridized carbons (Fsp3) is 0.275. The maximum absolute atomic E-state index is 13.3. The predicted octanol–water partition coefficient (Wildman–Crippen LogP) is 4.77. The third-order valence-electron chi connectivity index (χ3n) is 10.1. The van der Waals surface area contributed by atoms with Crippen molar-refractivity contribution in [2.45, 2.75) is 92.3 Å². The highest BCUT2D eigenvalue weighted by Gasteiger charge is 2.20. The summed E-state index contributed by atoms with van der Waals surface area (Å²) in [5.41, 5.74) is 14.0. The number of anilines is 4. The van der Waals surface area contributed by atoms with Gasteiger partial charge in [-0.1, -0.05) is 47.6 Å². The van der Waals surface area contributed by atoms with E-state index in [0.29, 0.717) is 28.1 Å². The summed E-state index contributed by atoms with van der Waals surface area (Å²) in [5.74, 6) is -1.20. The number of oxime groups is 1. The molecule has 73 heavy (non-hydrogen) atoms. The first kappa shape index (κ1) is 54.5. The highest BCUT2D eigenvalue weighted by atomic mass is 16.6. The molecule has 0 aliphatic rings. The lowest BCUT2D eigenvalue weighted by molar-refractivity contribution is -0.268. The van der Waals surface area contributed by atoms with E-state index in [0.717, 1.165) is 11.1 Å². The number of aromatic hydroxyl groups is 1. The van der Waals surface area contributed by atoms with Crippen molar-refractivity contribution in [3.8, 4) is 40.1 Å². The van der Waals surface area contributed by atoms with Crippen LogP contribution in [0.15, 0.2) is 112 Å². The number of phenols is 1. The predicted molar refractivity (Wildman–Crippen MR) is 275 cm³/mol. The molecule has 0 fully saturated rings. The lowest BCUT2D eigenvalue weighted by atomic mass is 10.1. The van der Waals surface area contributed by atoms with Crippen molar-refractivity contribution in [2.24, 2.45) is 10.9 Å². The first-order valence-electron chi connectivity index (χ1n) is 22.8. The number of ether oxygens (including phenoxy) is 1. The Hall–Kier alpha value is -9.39. The molecule has 0 aliphatic heterocycles. The molecular formula is C51H58N13O9-. The normalized spacial score (nSPS) is 11.2. The van der Waals surface area contributed by atoms with Crippen molar-refractivity contribution in [2.75, 3.05) is 21.7 Å². The van der Waals surface area contributed by atoms with Crippen molar-refractivity contribution >= 4 is 46.8 Å². The molecule has 4 aromatic carbocycles. The Kier molecular flexibility index (Phi) is 18.3. The Bertz CT molecular complexity index is 3120. The van der Waals surface area contributed by atoms with E-state index in [1.165, 1.54) is 51.9 Å². The molecule has 0 saturated carbocycles. The highest BCUT2D eigenvalue weighted by Crippen LogP contribution is 2.28. The number of hydrogen-bond donors (Lipinski definition) is 9. The Morgan fingerprint density at radius 1 is 0.781 bits per heavy atom. The van der Waals surface area contributed by atoms with Crippen LogP contribution in [-0.2, 0) is 40.5 Å². The Labute approximate surface area is 420 Å². The number of carbonyl (C=O) groups is 3. The van der Waals surface area contributed by atoms with Crippen LogP contribution < -0.4 is 54.3 Å². The maximum atomic E-state index is 13.3. The number of nitriles is 1. The zero-order valence-electron chi connectivity index (χ0n) is 41.3. The van der Waals surface area contributed by atoms with Gasteiger partial charge in [-0.3, -0.25) is 33.6 Å². The molecule has 6 rings (SSSR count). The van der Waals surface area contributed by atoms with Gasteiger partial charge in [-0.2, -0.15) is 5.26 Å². The molecule has 6 aromatic rings. The van der Waals surface area contributed by atoms with Crippen molar-refractivity contribution in [1.82, 2.24) is 29.7 Å². The second kappa shape index (κ2) is 24.4. The maximum Gasteiger partial charge on any atom is 0.412 e. The molecule has 0 saturated heterocycles. The number of amidine groups is 1. The van der Waals surface area contributed by atoms with Gasteiger partial charge in [0.15, 0.2) is 17.5 Å². The van der Waals surface area contributed by atoms with E-state index in [4.69, 9.17) is 26.7 Å². The van der Waals surface area contributed by atoms with Crippen LogP contribution in [0.2, 0.25) is 0 Å². The highest BCUT2D eigenvalue weighted by molar-refractivity contribution is 5.97. The molecule has 0 radical (unpaired) electrons. The summed E-state index contributed by atoms with van der Waals surface area (Å²) in [6, 6.07) is 23.9. The average Bonchev–Trinajstić information content (AvgIpc) is 3.31. The molecular weight excluding hydrogens is 939 g/mol. The van der Waals surface area contributed by atoms with Gasteiger partial charge in [-0.15, -0.1) is 5.75 Å². The second-order valence-electron chi connectivity index (χ2n) is 18.1. The lowest BCUT2D eigenvalue weighted by Gasteiger charge is -2.21. The fourth-order valence-corrected chi connectivity index (χ4v) is 6.87. The second-order valence-corrected chi connectivity index (χ2v) is 18.1. The van der Waals surface area contributed by atoms with E-state index in [1.54, 1.807) is 75.4 Å². The molecule has 11 N–H and O–H groups in total. The van der Waals surface area contributed by atoms with E-state index in [1.807, 2.05) is 33.8 Å². The average molecular weight is 997 g/mol. The summed E-state index contributed by atoms with van der Waals surface area (Å²) >= 11 is 0. The molecule has 0 spiro atoms. The molecule has 0 aliphatic carbocycles. The minimum atomic E-state index is -0.742. The van der Waals surface area contributed by atoms with Gasteiger partial charge < -0.3 is 52.9 Å². The van der Waals surface area contributed by atoms with Gasteiger partial charge in [0.2, 0.25) is 11.8 Å². The summed E-state index contributed by atoms with van der Waals surface area (Å²) in [4.78, 5) is 72.8. The monoisotopic (exact) mass is 996 g/mol. The van der Waals surface area contributed by atoms with E-state index < -0.39 is 40.4 Å². The van der Waals surface area contributed by atoms with Gasteiger partial charge in [0, 0.05) is 59.3 Å². The first-order chi connectivity index (χ1) is 34.5. The quantitative estimate of drug-likeness (QED) is 0.0207. The summed E-state index contributed by atoms with van der Waals surface area (Å²) in [6.07, 6.45) is 2.11. The van der Waals surface area contributed by atoms with Crippen LogP contribution in [0.1, 0.15) is 70.7 Å². The standard InChI is InChI=1S/C28H32N6O5.C23H27N7O4/c1-17(2)32-25-26(37)34(16-24(36)30-14-19-8-6-18(13-29)7-9-19)23(15-31-25)20-10-21(12-22(35)11-20)33-27(38)39-28(3,4)5;1-13(2)28-22-23(33)30(19(11-27-22)16-7-17(24)9-18(31)8-16)12-20(32)26-10-14-3-5-15(6-4-14)21(25)29-34/h6-12,15,17,35H,14,16H2,1-5H3,(H,30,36)(H,31,32)(H,33,38);3-9,11,13,31,34H,10,12,24H2,1-2H3,(H2,25,29)(H,26,32)(H,27,28)/p-1. The summed E-state index contributed by atoms with van der Waals surface area (Å²) in [5, 5.41) is 57.1. The Balaban J connectivity index is 0.000000273. The molecule has 2 aromatic heterocycles. The number of amides is 3. The van der Waals surface area contributed by atoms with Crippen LogP contribution in [0.3, 0.4) is 0 Å². The van der Waals surface area contributed by atoms with Gasteiger partial charge in [-0.25, -0.2) is 14.8 Å². The third kappa shape index (κ3) is 16.1. The summed E-state index contributed by atoms with van der Waals surface area (Å²) in [6.45, 7) is 12.3. The number of rotatable bonds is 16. The third-order valence-corrected chi connectivity index (χ3v) is 10.1. The van der Waals surface area contributed by atoms with Gasteiger partial charge in [0.05, 0.1) is 35.4 Å². The number of phenolic OH excluding ortho intramolecular Hbond substituents is 1. The van der Waals surface area contributed by atoms with Gasteiger partial charge in [0.25, 0.3) is 11.1 Å². The topological polar surface area (TPSA) is 342 Å². The molecule has 22 heteroatoms. The van der Waals surface area contributed by atoms with Gasteiger partial charge in [0.1, 0.15) is 24.4 Å². The van der Waals surface area contributed by atoms with E-state index in [-0.39, 0.29) is 78.4 Å². The molecule has 0 unspecified atom stereocenters. The smallest absolute Gasteiger partial charge is 0.412 e. The van der Waals surface area contributed by atoms with Crippen LogP contribution in [0.5, 0.6) is 11.5 Å². The number of nitrogen functional groups attached to an aromatic ring is 1. The largest absolute Gasteiger partial charge is 0.872 e. The zero-order chi connectivity index (χ0) is 53.6. The van der Waals surface area contributed by atoms with E-state index in [9.17, 15) is 34.2 Å². The van der Waals surface area contributed by atoms with Crippen LogP contribution in [0.25, 0.3) is 22.5 Å². The molecule has 2 heterocycles. The minimum absolute atomic E-state index is 0.0152. The van der Waals surface area contributed by atoms with Crippen molar-refractivity contribution < 1.29 is 34.5 Å². The SMILES string of the molecule is CC(C)Nc1ncc(-c2cc(N)cc(O)c2)n(CC(=O)NCc2ccc(/C(N)=N/O)cc2)c1=O.CC(C)Nc1ncc(-c2cc([O-])cc(NC(=O)OC(C)(C)C)c2)n(CC(=O)NCc2ccc(C#N)cc2)c1=O. The van der Waals surface area contributed by atoms with Crippen molar-refractivity contribution in [3.63, 3.8) is 0 Å². The zero-order valence-corrected chi connectivity index (χ0v) is 41.3. The number of nitrogens with zero attached hydrogens (tertiary/aromatic N) is 6. The fourth-order valence-electron chi connectivity index (χ4n) is 6.87. The number of nitrogens with two attached hydrogens (primary N) is 2. The number of benzene rings is 4. The minimum Gasteiger partial charge on any atom is -0.872 e. The summed E-state index contributed by atoms with van der Waals surface area (Å²) < 4.78 is 7.76. The van der Waals surface area contributed by atoms with Crippen molar-refractivity contribution in [1.29, 1.82) is 5.26 Å². The number of carbonyl (C=O) groups excluding carboxylic acids is 3. The van der Waals surface area contributed by atoms with Gasteiger partial charge in [-0.05, 0) is 96.0 Å². The van der Waals surface area contributed by atoms with Crippen LogP contribution in [0.4, 0.5) is 27.8 Å². The number of hydrogen-bond acceptors (Lipinski definition) is 16.